The largest absolute Gasteiger partial charge is 0.414 e. The van der Waals surface area contributed by atoms with E-state index in [0.29, 0.717) is 29.5 Å². The van der Waals surface area contributed by atoms with Gasteiger partial charge in [-0.2, -0.15) is 5.10 Å². The molecule has 3 aliphatic heterocycles. The van der Waals surface area contributed by atoms with Crippen LogP contribution in [0.25, 0.3) is 11.0 Å². The molecule has 0 aliphatic carbocycles. The fourth-order valence-corrected chi connectivity index (χ4v) is 17.5. The first-order chi connectivity index (χ1) is 17.8. The number of hydrazone groups is 1. The molecule has 0 radical (unpaired) electrons. The molecule has 0 saturated carbocycles. The van der Waals surface area contributed by atoms with E-state index in [0.717, 1.165) is 5.39 Å². The Labute approximate surface area is 226 Å². The number of hydrogen-bond donors (Lipinski definition) is 2. The Hall–Kier alpha value is -1.88. The lowest BCUT2D eigenvalue weighted by atomic mass is 10.1. The van der Waals surface area contributed by atoms with Gasteiger partial charge in [0.05, 0.1) is 12.0 Å². The molecular formula is C25H42N6O5Si2. The van der Waals surface area contributed by atoms with Crippen LogP contribution in [0.5, 0.6) is 0 Å². The Morgan fingerprint density at radius 1 is 1.00 bits per heavy atom. The molecule has 0 bridgehead atoms. The number of aliphatic hydroxyl groups excluding tert-OH is 1. The van der Waals surface area contributed by atoms with Crippen LogP contribution < -0.4 is 10.7 Å². The molecule has 5 heterocycles. The van der Waals surface area contributed by atoms with Gasteiger partial charge in [0.15, 0.2) is 17.9 Å². The maximum absolute atomic E-state index is 11.8. The van der Waals surface area contributed by atoms with Gasteiger partial charge in [0.2, 0.25) is 0 Å². The van der Waals surface area contributed by atoms with E-state index < -0.39 is 41.7 Å². The highest BCUT2D eigenvalue weighted by molar-refractivity contribution is 6.84. The summed E-state index contributed by atoms with van der Waals surface area (Å²) >= 11 is 0. The van der Waals surface area contributed by atoms with Crippen molar-refractivity contribution < 1.29 is 22.8 Å². The Morgan fingerprint density at radius 2 is 1.63 bits per heavy atom. The number of nitrogens with zero attached hydrogens (tertiary/aromatic N) is 5. The second kappa shape index (κ2) is 9.64. The maximum Gasteiger partial charge on any atom is 0.335 e. The molecule has 11 nitrogen and oxygen atoms in total. The summed E-state index contributed by atoms with van der Waals surface area (Å²) in [6.45, 7) is 17.7. The molecule has 5 rings (SSSR count). The fraction of sp³-hybridized carbons (Fsp3) is 0.720. The smallest absolute Gasteiger partial charge is 0.335 e. The number of ether oxygens (including phenoxy) is 1. The van der Waals surface area contributed by atoms with Crippen LogP contribution in [-0.2, 0) is 17.7 Å². The normalized spacial score (nSPS) is 28.8. The van der Waals surface area contributed by atoms with E-state index in [4.69, 9.17) is 23.4 Å². The Kier molecular flexibility index (Phi) is 7.02. The van der Waals surface area contributed by atoms with Crippen molar-refractivity contribution in [3.8, 4) is 0 Å². The van der Waals surface area contributed by atoms with Gasteiger partial charge in [-0.3, -0.25) is 0 Å². The van der Waals surface area contributed by atoms with Gasteiger partial charge in [0, 0.05) is 18.8 Å². The summed E-state index contributed by atoms with van der Waals surface area (Å²) in [6.07, 6.45) is 0.543. The lowest BCUT2D eigenvalue weighted by molar-refractivity contribution is -0.0568. The molecule has 0 spiro atoms. The molecular weight excluding hydrogens is 520 g/mol. The summed E-state index contributed by atoms with van der Waals surface area (Å²) in [7, 11) is -3.82. The molecule has 38 heavy (non-hydrogen) atoms. The van der Waals surface area contributed by atoms with Gasteiger partial charge in [-0.1, -0.05) is 55.4 Å². The lowest BCUT2D eigenvalue weighted by Gasteiger charge is -2.51. The van der Waals surface area contributed by atoms with E-state index in [-0.39, 0.29) is 22.2 Å². The SMILES string of the molecule is CC(C)[Si]1(C(C)C)OC[C@H]2O[C@@H](n3cc4c5c(ncnc53)N(C)N=C4N)[C@@H](O)C2O[Si](C(C)C)(C(C)C)O1. The number of amidine groups is 1. The zero-order chi connectivity index (χ0) is 27.7. The topological polar surface area (TPSA) is 129 Å². The third-order valence-electron chi connectivity index (χ3n) is 8.34. The van der Waals surface area contributed by atoms with Crippen LogP contribution in [0, 0.1) is 0 Å². The molecule has 2 aromatic rings. The number of hydrogen-bond acceptors (Lipinski definition) is 10. The molecule has 2 fully saturated rings. The van der Waals surface area contributed by atoms with Gasteiger partial charge >= 0.3 is 17.1 Å². The molecule has 2 aromatic heterocycles. The Bertz CT molecular complexity index is 1220. The van der Waals surface area contributed by atoms with Crippen molar-refractivity contribution in [3.63, 3.8) is 0 Å². The first-order valence-electron chi connectivity index (χ1n) is 13.6. The molecule has 4 atom stereocenters. The number of aromatic nitrogens is 3. The summed E-state index contributed by atoms with van der Waals surface area (Å²) in [4.78, 5) is 8.94. The number of fused-ring (bicyclic) bond motifs is 1. The first kappa shape index (κ1) is 27.7. The number of nitrogens with two attached hydrogens (primary N) is 1. The lowest BCUT2D eigenvalue weighted by Crippen LogP contribution is -2.65. The molecule has 1 unspecified atom stereocenters. The van der Waals surface area contributed by atoms with Crippen LogP contribution in [0.4, 0.5) is 5.82 Å². The van der Waals surface area contributed by atoms with Crippen LogP contribution in [0.3, 0.4) is 0 Å². The number of aliphatic hydroxyl groups is 1. The summed E-state index contributed by atoms with van der Waals surface area (Å²) < 4.78 is 29.6. The van der Waals surface area contributed by atoms with Gasteiger partial charge in [0.1, 0.15) is 30.3 Å². The molecule has 210 valence electrons. The standard InChI is InChI=1S/C25H42N6O5Si2/c1-13(2)37(14(3)4)33-11-18-21(35-38(36-37,15(5)6)16(7)8)20(32)25(34-18)31-10-17-19-23(27-12-28-24(19)31)30(9)29-22(17)26/h10,12-16,18,20-21,25,32H,11H2,1-9H3,(H2,26,29)/t18-,20+,21?,25-/m1/s1. The predicted molar refractivity (Wildman–Crippen MR) is 150 cm³/mol. The molecule has 0 aromatic carbocycles. The summed E-state index contributed by atoms with van der Waals surface area (Å²) in [5, 5.41) is 18.6. The maximum atomic E-state index is 11.8. The van der Waals surface area contributed by atoms with Crippen molar-refractivity contribution in [3.05, 3.63) is 18.1 Å². The average molecular weight is 563 g/mol. The number of rotatable bonds is 5. The summed E-state index contributed by atoms with van der Waals surface area (Å²) in [5.74, 6) is 1.01. The van der Waals surface area contributed by atoms with E-state index in [1.165, 1.54) is 6.33 Å². The molecule has 0 amide bonds. The quantitative estimate of drug-likeness (QED) is 0.524. The zero-order valence-electron chi connectivity index (χ0n) is 23.9. The zero-order valence-corrected chi connectivity index (χ0v) is 25.9. The highest BCUT2D eigenvalue weighted by atomic mass is 28.5. The van der Waals surface area contributed by atoms with Crippen molar-refractivity contribution in [2.75, 3.05) is 18.7 Å². The van der Waals surface area contributed by atoms with E-state index in [2.05, 4.69) is 70.5 Å². The second-order valence-corrected chi connectivity index (χ2v) is 20.8. The van der Waals surface area contributed by atoms with E-state index >= 15 is 0 Å². The van der Waals surface area contributed by atoms with Gasteiger partial charge in [0.25, 0.3) is 0 Å². The highest BCUT2D eigenvalue weighted by Gasteiger charge is 2.61. The van der Waals surface area contributed by atoms with E-state index in [1.807, 2.05) is 10.8 Å². The van der Waals surface area contributed by atoms with Gasteiger partial charge in [-0.15, -0.1) is 0 Å². The van der Waals surface area contributed by atoms with Crippen molar-refractivity contribution in [1.29, 1.82) is 0 Å². The van der Waals surface area contributed by atoms with Crippen LogP contribution in [0.2, 0.25) is 22.2 Å². The molecule has 13 heteroatoms. The van der Waals surface area contributed by atoms with Gasteiger partial charge < -0.3 is 33.1 Å². The minimum atomic E-state index is -2.90. The fourth-order valence-electron chi connectivity index (χ4n) is 6.33. The van der Waals surface area contributed by atoms with Crippen molar-refractivity contribution >= 4 is 39.8 Å². The molecule has 3 N–H and O–H groups in total. The third-order valence-corrected chi connectivity index (χ3v) is 18.6. The highest BCUT2D eigenvalue weighted by Crippen LogP contribution is 2.49. The molecule has 2 saturated heterocycles. The van der Waals surface area contributed by atoms with Gasteiger partial charge in [-0.25, -0.2) is 15.0 Å². The van der Waals surface area contributed by atoms with Gasteiger partial charge in [-0.05, 0) is 22.2 Å². The van der Waals surface area contributed by atoms with Crippen molar-refractivity contribution in [2.24, 2.45) is 10.8 Å². The second-order valence-electron chi connectivity index (χ2n) is 12.0. The predicted octanol–water partition coefficient (Wildman–Crippen LogP) is 3.72. The third kappa shape index (κ3) is 3.97. The Morgan fingerprint density at radius 3 is 2.24 bits per heavy atom. The van der Waals surface area contributed by atoms with Crippen molar-refractivity contribution in [1.82, 2.24) is 14.5 Å². The monoisotopic (exact) mass is 562 g/mol. The average Bonchev–Trinajstić information content (AvgIpc) is 3.35. The van der Waals surface area contributed by atoms with E-state index in [1.54, 1.807) is 12.1 Å². The van der Waals surface area contributed by atoms with Crippen LogP contribution in [0.1, 0.15) is 67.2 Å². The van der Waals surface area contributed by atoms with Crippen LogP contribution in [-0.4, -0.2) is 74.6 Å². The van der Waals surface area contributed by atoms with Crippen LogP contribution in [0.15, 0.2) is 17.6 Å². The minimum Gasteiger partial charge on any atom is -0.414 e. The Balaban J connectivity index is 1.59. The summed E-state index contributed by atoms with van der Waals surface area (Å²) in [5.41, 5.74) is 8.35. The summed E-state index contributed by atoms with van der Waals surface area (Å²) in [6, 6.07) is 0. The van der Waals surface area contributed by atoms with Crippen LogP contribution >= 0.6 is 0 Å². The first-order valence-corrected chi connectivity index (χ1v) is 17.6. The van der Waals surface area contributed by atoms with Crippen molar-refractivity contribution in [2.45, 2.75) is 102 Å². The molecule has 3 aliphatic rings. The number of anilines is 1. The van der Waals surface area contributed by atoms with E-state index in [9.17, 15) is 5.11 Å². The minimum absolute atomic E-state index is 0.149.